The van der Waals surface area contributed by atoms with E-state index in [4.69, 9.17) is 5.26 Å². The zero-order valence-corrected chi connectivity index (χ0v) is 10.7. The molecule has 4 nitrogen and oxygen atoms in total. The van der Waals surface area contributed by atoms with Crippen molar-refractivity contribution in [3.8, 4) is 6.07 Å². The monoisotopic (exact) mass is 253 g/mol. The average molecular weight is 253 g/mol. The summed E-state index contributed by atoms with van der Waals surface area (Å²) in [5.41, 5.74) is 1.94. The highest BCUT2D eigenvalue weighted by Gasteiger charge is 2.24. The van der Waals surface area contributed by atoms with Crippen molar-refractivity contribution in [2.75, 3.05) is 0 Å². The SMILES string of the molecule is N#CCc1nc2ccccc2n1C1CCCC(=O)C1. The molecule has 3 rings (SSSR count). The molecule has 19 heavy (non-hydrogen) atoms. The first kappa shape index (κ1) is 11.9. The summed E-state index contributed by atoms with van der Waals surface area (Å²) in [5.74, 6) is 1.10. The third-order valence-corrected chi connectivity index (χ3v) is 3.73. The Kier molecular flexibility index (Phi) is 3.04. The summed E-state index contributed by atoms with van der Waals surface area (Å²) in [6.07, 6.45) is 3.47. The zero-order chi connectivity index (χ0) is 13.2. The van der Waals surface area contributed by atoms with Gasteiger partial charge in [-0.25, -0.2) is 4.98 Å². The molecule has 1 fully saturated rings. The van der Waals surface area contributed by atoms with Gasteiger partial charge in [-0.3, -0.25) is 4.79 Å². The Hall–Kier alpha value is -2.15. The molecular formula is C15H15N3O. The molecule has 2 aromatic rings. The van der Waals surface area contributed by atoms with Gasteiger partial charge >= 0.3 is 0 Å². The van der Waals surface area contributed by atoms with Gasteiger partial charge in [-0.15, -0.1) is 0 Å². The highest BCUT2D eigenvalue weighted by molar-refractivity contribution is 5.81. The van der Waals surface area contributed by atoms with E-state index in [1.807, 2.05) is 24.3 Å². The van der Waals surface area contributed by atoms with Crippen LogP contribution in [0.25, 0.3) is 11.0 Å². The van der Waals surface area contributed by atoms with Gasteiger partial charge in [0.25, 0.3) is 0 Å². The van der Waals surface area contributed by atoms with E-state index in [2.05, 4.69) is 15.6 Å². The molecule has 0 radical (unpaired) electrons. The van der Waals surface area contributed by atoms with Crippen LogP contribution in [0.3, 0.4) is 0 Å². The summed E-state index contributed by atoms with van der Waals surface area (Å²) in [6.45, 7) is 0. The number of rotatable bonds is 2. The third kappa shape index (κ3) is 2.12. The molecule has 1 aromatic carbocycles. The van der Waals surface area contributed by atoms with E-state index >= 15 is 0 Å². The number of carbonyl (C=O) groups is 1. The van der Waals surface area contributed by atoms with Crippen LogP contribution in [0.2, 0.25) is 0 Å². The van der Waals surface area contributed by atoms with Gasteiger partial charge < -0.3 is 4.57 Å². The van der Waals surface area contributed by atoms with Crippen molar-refractivity contribution in [3.63, 3.8) is 0 Å². The second-order valence-electron chi connectivity index (χ2n) is 5.01. The Balaban J connectivity index is 2.11. The van der Waals surface area contributed by atoms with Crippen molar-refractivity contribution < 1.29 is 4.79 Å². The van der Waals surface area contributed by atoms with Gasteiger partial charge in [0.1, 0.15) is 11.6 Å². The fourth-order valence-electron chi connectivity index (χ4n) is 2.92. The molecule has 1 saturated carbocycles. The molecular weight excluding hydrogens is 238 g/mol. The number of fused-ring (bicyclic) bond motifs is 1. The number of ketones is 1. The molecule has 0 N–H and O–H groups in total. The third-order valence-electron chi connectivity index (χ3n) is 3.73. The molecule has 1 aliphatic carbocycles. The van der Waals surface area contributed by atoms with Gasteiger partial charge in [0.15, 0.2) is 0 Å². The number of nitriles is 1. The fourth-order valence-corrected chi connectivity index (χ4v) is 2.92. The van der Waals surface area contributed by atoms with Crippen molar-refractivity contribution >= 4 is 16.8 Å². The van der Waals surface area contributed by atoms with E-state index in [9.17, 15) is 4.79 Å². The molecule has 96 valence electrons. The van der Waals surface area contributed by atoms with Gasteiger partial charge in [-0.2, -0.15) is 5.26 Å². The number of carbonyl (C=O) groups excluding carboxylic acids is 1. The number of hydrogen-bond donors (Lipinski definition) is 0. The lowest BCUT2D eigenvalue weighted by Crippen LogP contribution is -2.20. The maximum absolute atomic E-state index is 11.7. The van der Waals surface area contributed by atoms with Gasteiger partial charge in [0.2, 0.25) is 0 Å². The second-order valence-corrected chi connectivity index (χ2v) is 5.01. The Bertz CT molecular complexity index is 666. The van der Waals surface area contributed by atoms with Crippen LogP contribution in [0.5, 0.6) is 0 Å². The largest absolute Gasteiger partial charge is 0.324 e. The van der Waals surface area contributed by atoms with Crippen LogP contribution in [0.1, 0.15) is 37.5 Å². The van der Waals surface area contributed by atoms with E-state index in [0.717, 1.165) is 29.7 Å². The fraction of sp³-hybridized carbons (Fsp3) is 0.400. The van der Waals surface area contributed by atoms with Crippen LogP contribution >= 0.6 is 0 Å². The van der Waals surface area contributed by atoms with Gasteiger partial charge in [-0.1, -0.05) is 12.1 Å². The molecule has 4 heteroatoms. The van der Waals surface area contributed by atoms with Crippen molar-refractivity contribution in [3.05, 3.63) is 30.1 Å². The number of imidazole rings is 1. The summed E-state index contributed by atoms with van der Waals surface area (Å²) < 4.78 is 2.11. The van der Waals surface area contributed by atoms with E-state index in [1.165, 1.54) is 0 Å². The van der Waals surface area contributed by atoms with Crippen molar-refractivity contribution in [2.45, 2.75) is 38.1 Å². The number of Topliss-reactive ketones (excluding diaryl/α,β-unsaturated/α-hetero) is 1. The quantitative estimate of drug-likeness (QED) is 0.826. The Labute approximate surface area is 111 Å². The van der Waals surface area contributed by atoms with Crippen molar-refractivity contribution in [2.24, 2.45) is 0 Å². The first-order chi connectivity index (χ1) is 9.29. The molecule has 1 heterocycles. The van der Waals surface area contributed by atoms with Crippen LogP contribution in [0, 0.1) is 11.3 Å². The molecule has 1 aromatic heterocycles. The van der Waals surface area contributed by atoms with Crippen LogP contribution in [-0.2, 0) is 11.2 Å². The number of benzene rings is 1. The molecule has 0 amide bonds. The predicted molar refractivity (Wildman–Crippen MR) is 71.6 cm³/mol. The van der Waals surface area contributed by atoms with Gasteiger partial charge in [0.05, 0.1) is 23.5 Å². The van der Waals surface area contributed by atoms with E-state index < -0.39 is 0 Å². The van der Waals surface area contributed by atoms with Crippen LogP contribution < -0.4 is 0 Å². The molecule has 0 spiro atoms. The number of para-hydroxylation sites is 2. The first-order valence-corrected chi connectivity index (χ1v) is 6.64. The van der Waals surface area contributed by atoms with Gasteiger partial charge in [-0.05, 0) is 25.0 Å². The molecule has 1 aliphatic rings. The minimum Gasteiger partial charge on any atom is -0.324 e. The second kappa shape index (κ2) is 4.85. The van der Waals surface area contributed by atoms with E-state index in [0.29, 0.717) is 25.0 Å². The minimum absolute atomic E-state index is 0.164. The number of aromatic nitrogens is 2. The average Bonchev–Trinajstić information content (AvgIpc) is 2.77. The Morgan fingerprint density at radius 3 is 3.05 bits per heavy atom. The highest BCUT2D eigenvalue weighted by atomic mass is 16.1. The smallest absolute Gasteiger partial charge is 0.134 e. The summed E-state index contributed by atoms with van der Waals surface area (Å²) in [6, 6.07) is 10.2. The summed E-state index contributed by atoms with van der Waals surface area (Å²) in [4.78, 5) is 16.2. The molecule has 0 saturated heterocycles. The normalized spacial score (nSPS) is 19.5. The van der Waals surface area contributed by atoms with Crippen LogP contribution in [-0.4, -0.2) is 15.3 Å². The molecule has 1 unspecified atom stereocenters. The lowest BCUT2D eigenvalue weighted by atomic mass is 9.94. The maximum Gasteiger partial charge on any atom is 0.134 e. The van der Waals surface area contributed by atoms with Crippen molar-refractivity contribution in [1.82, 2.24) is 9.55 Å². The minimum atomic E-state index is 0.164. The Morgan fingerprint density at radius 1 is 1.42 bits per heavy atom. The maximum atomic E-state index is 11.7. The standard InChI is InChI=1S/C15H15N3O/c16-9-8-15-17-13-6-1-2-7-14(13)18(15)11-4-3-5-12(19)10-11/h1-2,6-7,11H,3-5,8,10H2. The van der Waals surface area contributed by atoms with Gasteiger partial charge in [0, 0.05) is 18.9 Å². The van der Waals surface area contributed by atoms with E-state index in [-0.39, 0.29) is 6.04 Å². The number of nitrogens with zero attached hydrogens (tertiary/aromatic N) is 3. The highest BCUT2D eigenvalue weighted by Crippen LogP contribution is 2.31. The molecule has 0 bridgehead atoms. The molecule has 0 aliphatic heterocycles. The summed E-state index contributed by atoms with van der Waals surface area (Å²) >= 11 is 0. The van der Waals surface area contributed by atoms with Crippen LogP contribution in [0.4, 0.5) is 0 Å². The van der Waals surface area contributed by atoms with Crippen LogP contribution in [0.15, 0.2) is 24.3 Å². The van der Waals surface area contributed by atoms with Crippen molar-refractivity contribution in [1.29, 1.82) is 5.26 Å². The predicted octanol–water partition coefficient (Wildman–Crippen LogP) is 2.79. The lowest BCUT2D eigenvalue weighted by Gasteiger charge is -2.24. The zero-order valence-electron chi connectivity index (χ0n) is 10.7. The van der Waals surface area contributed by atoms with E-state index in [1.54, 1.807) is 0 Å². The lowest BCUT2D eigenvalue weighted by molar-refractivity contribution is -0.121. The Morgan fingerprint density at radius 2 is 2.26 bits per heavy atom. The number of hydrogen-bond acceptors (Lipinski definition) is 3. The molecule has 1 atom stereocenters. The summed E-state index contributed by atoms with van der Waals surface area (Å²) in [7, 11) is 0. The topological polar surface area (TPSA) is 58.7 Å². The first-order valence-electron chi connectivity index (χ1n) is 6.64. The summed E-state index contributed by atoms with van der Waals surface area (Å²) in [5, 5.41) is 8.95.